The molecule has 0 saturated carbocycles. The summed E-state index contributed by atoms with van der Waals surface area (Å²) in [6.07, 6.45) is 0.452. The van der Waals surface area contributed by atoms with E-state index < -0.39 is 0 Å². The molecule has 7 nitrogen and oxygen atoms in total. The third-order valence-corrected chi connectivity index (χ3v) is 5.40. The van der Waals surface area contributed by atoms with Gasteiger partial charge in [0.15, 0.2) is 11.5 Å². The van der Waals surface area contributed by atoms with E-state index >= 15 is 0 Å². The highest BCUT2D eigenvalue weighted by Crippen LogP contribution is 2.39. The maximum atomic E-state index is 12.6. The van der Waals surface area contributed by atoms with Gasteiger partial charge in [0.2, 0.25) is 0 Å². The van der Waals surface area contributed by atoms with Crippen molar-refractivity contribution in [2.45, 2.75) is 19.6 Å². The lowest BCUT2D eigenvalue weighted by atomic mass is 10.1. The van der Waals surface area contributed by atoms with Crippen LogP contribution in [-0.2, 0) is 13.2 Å². The summed E-state index contributed by atoms with van der Waals surface area (Å²) in [5.41, 5.74) is 2.10. The summed E-state index contributed by atoms with van der Waals surface area (Å²) in [6.45, 7) is 0.825. The molecule has 34 heavy (non-hydrogen) atoms. The number of nitrogens with one attached hydrogen (secondary N) is 1. The van der Waals surface area contributed by atoms with Crippen molar-refractivity contribution >= 4 is 17.5 Å². The van der Waals surface area contributed by atoms with E-state index in [4.69, 9.17) is 35.7 Å². The molecule has 0 aliphatic carbocycles. The lowest BCUT2D eigenvalue weighted by molar-refractivity contribution is 0.0950. The van der Waals surface area contributed by atoms with Gasteiger partial charge in [-0.25, -0.2) is 0 Å². The Balaban J connectivity index is 1.81. The van der Waals surface area contributed by atoms with Crippen LogP contribution in [0.25, 0.3) is 0 Å². The summed E-state index contributed by atoms with van der Waals surface area (Å²) < 4.78 is 22.4. The van der Waals surface area contributed by atoms with Gasteiger partial charge in [-0.1, -0.05) is 35.9 Å². The Kier molecular flexibility index (Phi) is 9.43. The average Bonchev–Trinajstić information content (AvgIpc) is 2.87. The molecule has 180 valence electrons. The molecule has 0 unspecified atom stereocenters. The molecule has 0 aliphatic heterocycles. The van der Waals surface area contributed by atoms with Crippen LogP contribution < -0.4 is 24.3 Å². The molecule has 8 heteroatoms. The van der Waals surface area contributed by atoms with E-state index in [9.17, 15) is 4.79 Å². The number of hydrogen-bond donors (Lipinski definition) is 2. The van der Waals surface area contributed by atoms with Gasteiger partial charge in [-0.2, -0.15) is 0 Å². The van der Waals surface area contributed by atoms with Crippen LogP contribution in [-0.4, -0.2) is 38.4 Å². The van der Waals surface area contributed by atoms with Gasteiger partial charge < -0.3 is 29.4 Å². The zero-order chi connectivity index (χ0) is 24.3. The molecule has 3 aromatic rings. The predicted octanol–water partition coefficient (Wildman–Crippen LogP) is 4.63. The van der Waals surface area contributed by atoms with E-state index in [0.29, 0.717) is 18.7 Å². The highest BCUT2D eigenvalue weighted by molar-refractivity contribution is 6.35. The van der Waals surface area contributed by atoms with Crippen LogP contribution in [0.3, 0.4) is 0 Å². The highest BCUT2D eigenvalue weighted by Gasteiger charge is 2.19. The number of carbonyl (C=O) groups excluding carboxylic acids is 1. The van der Waals surface area contributed by atoms with Gasteiger partial charge in [-0.05, 0) is 53.9 Å². The molecular weight excluding hydrogens is 458 g/mol. The fourth-order valence-electron chi connectivity index (χ4n) is 3.10. The van der Waals surface area contributed by atoms with E-state index in [1.807, 2.05) is 48.5 Å². The number of methoxy groups -OCH3 is 2. The molecule has 0 spiro atoms. The quantitative estimate of drug-likeness (QED) is 0.364. The predicted molar refractivity (Wildman–Crippen MR) is 130 cm³/mol. The number of aliphatic hydroxyl groups is 1. The summed E-state index contributed by atoms with van der Waals surface area (Å²) >= 11 is 6.61. The van der Waals surface area contributed by atoms with Crippen LogP contribution in [0.2, 0.25) is 5.02 Å². The topological polar surface area (TPSA) is 86.3 Å². The van der Waals surface area contributed by atoms with Crippen LogP contribution >= 0.6 is 11.6 Å². The molecule has 0 saturated heterocycles. The molecule has 2 N–H and O–H groups in total. The Morgan fingerprint density at radius 1 is 0.853 bits per heavy atom. The SMILES string of the molecule is COc1ccc(COc2ccc(C(=O)NCCCO)c(Cl)c2OCc2ccc(OC)cc2)cc1. The van der Waals surface area contributed by atoms with E-state index in [1.54, 1.807) is 26.4 Å². The molecule has 3 rings (SSSR count). The molecule has 0 fully saturated rings. The Morgan fingerprint density at radius 2 is 1.41 bits per heavy atom. The first kappa shape index (κ1) is 25.2. The van der Waals surface area contributed by atoms with Crippen molar-refractivity contribution < 1.29 is 28.8 Å². The zero-order valence-electron chi connectivity index (χ0n) is 19.2. The maximum absolute atomic E-state index is 12.6. The van der Waals surface area contributed by atoms with Crippen LogP contribution in [0.5, 0.6) is 23.0 Å². The number of amides is 1. The van der Waals surface area contributed by atoms with Crippen molar-refractivity contribution in [1.29, 1.82) is 0 Å². The van der Waals surface area contributed by atoms with Gasteiger partial charge in [-0.3, -0.25) is 4.79 Å². The third-order valence-electron chi connectivity index (χ3n) is 5.02. The fourth-order valence-corrected chi connectivity index (χ4v) is 3.39. The van der Waals surface area contributed by atoms with Gasteiger partial charge in [0, 0.05) is 13.2 Å². The van der Waals surface area contributed by atoms with Crippen molar-refractivity contribution in [2.75, 3.05) is 27.4 Å². The van der Waals surface area contributed by atoms with E-state index in [0.717, 1.165) is 22.6 Å². The molecule has 1 amide bonds. The van der Waals surface area contributed by atoms with Crippen molar-refractivity contribution in [3.63, 3.8) is 0 Å². The second-order valence-corrected chi connectivity index (χ2v) is 7.74. The first-order chi connectivity index (χ1) is 16.5. The molecule has 0 atom stereocenters. The van der Waals surface area contributed by atoms with Crippen LogP contribution in [0.1, 0.15) is 27.9 Å². The zero-order valence-corrected chi connectivity index (χ0v) is 19.9. The standard InChI is InChI=1S/C26H28ClNO6/c1-31-20-8-4-18(5-9-20)16-33-23-13-12-22(26(30)28-14-3-15-29)24(27)25(23)34-17-19-6-10-21(32-2)11-7-19/h4-13,29H,3,14-17H2,1-2H3,(H,28,30). The summed E-state index contributed by atoms with van der Waals surface area (Å²) in [5, 5.41) is 11.8. The van der Waals surface area contributed by atoms with Gasteiger partial charge in [0.05, 0.1) is 24.8 Å². The minimum absolute atomic E-state index is 0.0115. The Morgan fingerprint density at radius 3 is 1.94 bits per heavy atom. The lowest BCUT2D eigenvalue weighted by Crippen LogP contribution is -2.25. The number of carbonyl (C=O) groups is 1. The summed E-state index contributed by atoms with van der Waals surface area (Å²) in [5.74, 6) is 1.84. The number of aliphatic hydroxyl groups excluding tert-OH is 1. The summed E-state index contributed by atoms with van der Waals surface area (Å²) in [6, 6.07) is 18.2. The fraction of sp³-hybridized carbons (Fsp3) is 0.269. The summed E-state index contributed by atoms with van der Waals surface area (Å²) in [4.78, 5) is 12.6. The Labute approximate surface area is 204 Å². The molecular formula is C26H28ClNO6. The minimum atomic E-state index is -0.352. The van der Waals surface area contributed by atoms with Gasteiger partial charge in [-0.15, -0.1) is 0 Å². The molecule has 0 radical (unpaired) electrons. The second-order valence-electron chi connectivity index (χ2n) is 7.36. The normalized spacial score (nSPS) is 10.5. The molecule has 0 bridgehead atoms. The van der Waals surface area contributed by atoms with Crippen molar-refractivity contribution in [1.82, 2.24) is 5.32 Å². The molecule has 0 aliphatic rings. The smallest absolute Gasteiger partial charge is 0.252 e. The molecule has 0 aromatic heterocycles. The van der Waals surface area contributed by atoms with Crippen molar-refractivity contribution in [2.24, 2.45) is 0 Å². The second kappa shape index (κ2) is 12.7. The van der Waals surface area contributed by atoms with Crippen LogP contribution in [0.4, 0.5) is 0 Å². The van der Waals surface area contributed by atoms with Crippen LogP contribution in [0.15, 0.2) is 60.7 Å². The number of hydrogen-bond acceptors (Lipinski definition) is 6. The maximum Gasteiger partial charge on any atom is 0.252 e. The Hall–Kier alpha value is -3.42. The van der Waals surface area contributed by atoms with E-state index in [1.165, 1.54) is 0 Å². The number of ether oxygens (including phenoxy) is 4. The number of benzene rings is 3. The molecule has 3 aromatic carbocycles. The first-order valence-corrected chi connectivity index (χ1v) is 11.2. The summed E-state index contributed by atoms with van der Waals surface area (Å²) in [7, 11) is 3.22. The average molecular weight is 486 g/mol. The largest absolute Gasteiger partial charge is 0.497 e. The van der Waals surface area contributed by atoms with Crippen molar-refractivity contribution in [3.8, 4) is 23.0 Å². The third kappa shape index (κ3) is 6.79. The van der Waals surface area contributed by atoms with Gasteiger partial charge in [0.25, 0.3) is 5.91 Å². The van der Waals surface area contributed by atoms with Gasteiger partial charge >= 0.3 is 0 Å². The Bertz CT molecular complexity index is 1070. The number of rotatable bonds is 12. The van der Waals surface area contributed by atoms with E-state index in [2.05, 4.69) is 5.32 Å². The molecule has 0 heterocycles. The van der Waals surface area contributed by atoms with Crippen LogP contribution in [0, 0.1) is 0 Å². The van der Waals surface area contributed by atoms with Gasteiger partial charge in [0.1, 0.15) is 24.7 Å². The lowest BCUT2D eigenvalue weighted by Gasteiger charge is -2.17. The minimum Gasteiger partial charge on any atom is -0.497 e. The number of halogens is 1. The van der Waals surface area contributed by atoms with E-state index in [-0.39, 0.29) is 42.1 Å². The first-order valence-electron chi connectivity index (χ1n) is 10.8. The monoisotopic (exact) mass is 485 g/mol. The van der Waals surface area contributed by atoms with Crippen molar-refractivity contribution in [3.05, 3.63) is 82.4 Å². The highest BCUT2D eigenvalue weighted by atomic mass is 35.5.